The van der Waals surface area contributed by atoms with Crippen LogP contribution >= 0.6 is 0 Å². The van der Waals surface area contributed by atoms with E-state index in [1.54, 1.807) is 16.8 Å². The molecule has 1 saturated heterocycles. The maximum Gasteiger partial charge on any atom is 0.248 e. The van der Waals surface area contributed by atoms with E-state index in [0.717, 1.165) is 43.1 Å². The molecule has 0 amide bonds. The first kappa shape index (κ1) is 16.9. The summed E-state index contributed by atoms with van der Waals surface area (Å²) in [6.07, 6.45) is 2.06. The van der Waals surface area contributed by atoms with Gasteiger partial charge >= 0.3 is 0 Å². The highest BCUT2D eigenvalue weighted by Crippen LogP contribution is 2.32. The molecule has 1 atom stereocenters. The van der Waals surface area contributed by atoms with Crippen molar-refractivity contribution in [3.63, 3.8) is 0 Å². The molecule has 28 heavy (non-hydrogen) atoms. The number of tetrazole rings is 1. The number of anilines is 2. The van der Waals surface area contributed by atoms with Gasteiger partial charge in [0, 0.05) is 24.5 Å². The van der Waals surface area contributed by atoms with Crippen molar-refractivity contribution in [2.24, 2.45) is 0 Å². The van der Waals surface area contributed by atoms with Crippen molar-refractivity contribution in [3.8, 4) is 0 Å². The molecule has 2 aromatic carbocycles. The Hall–Kier alpha value is -3.26. The summed E-state index contributed by atoms with van der Waals surface area (Å²) in [4.78, 5) is 2.32. The lowest BCUT2D eigenvalue weighted by Gasteiger charge is -2.29. The summed E-state index contributed by atoms with van der Waals surface area (Å²) in [5.41, 5.74) is 4.06. The quantitative estimate of drug-likeness (QED) is 0.756. The van der Waals surface area contributed by atoms with Crippen molar-refractivity contribution in [2.45, 2.75) is 6.04 Å². The van der Waals surface area contributed by atoms with Crippen LogP contribution in [0, 0.1) is 5.82 Å². The van der Waals surface area contributed by atoms with Gasteiger partial charge in [0.2, 0.25) is 5.95 Å². The van der Waals surface area contributed by atoms with Crippen LogP contribution in [-0.4, -0.2) is 46.5 Å². The largest absolute Gasteiger partial charge is 0.378 e. The van der Waals surface area contributed by atoms with Gasteiger partial charge in [0.1, 0.15) is 11.9 Å². The number of morpholine rings is 1. The molecule has 7 nitrogen and oxygen atoms in total. The molecule has 1 unspecified atom stereocenters. The normalized spacial score (nSPS) is 19.0. The first-order valence-corrected chi connectivity index (χ1v) is 9.23. The smallest absolute Gasteiger partial charge is 0.248 e. The summed E-state index contributed by atoms with van der Waals surface area (Å²) in [6, 6.07) is 14.6. The third kappa shape index (κ3) is 3.11. The number of allylic oxidation sites excluding steroid dienone is 1. The second kappa shape index (κ2) is 7.05. The summed E-state index contributed by atoms with van der Waals surface area (Å²) in [5, 5.41) is 15.2. The zero-order valence-electron chi connectivity index (χ0n) is 15.1. The van der Waals surface area contributed by atoms with E-state index in [2.05, 4.69) is 56.1 Å². The highest BCUT2D eigenvalue weighted by molar-refractivity contribution is 5.77. The molecule has 0 radical (unpaired) electrons. The number of nitrogens with one attached hydrogen (secondary N) is 1. The van der Waals surface area contributed by atoms with Gasteiger partial charge < -0.3 is 15.0 Å². The summed E-state index contributed by atoms with van der Waals surface area (Å²) in [7, 11) is 0. The third-order valence-corrected chi connectivity index (χ3v) is 5.09. The highest BCUT2D eigenvalue weighted by atomic mass is 19.1. The van der Waals surface area contributed by atoms with Crippen LogP contribution in [0.1, 0.15) is 17.2 Å². The second-order valence-electron chi connectivity index (χ2n) is 6.80. The fourth-order valence-electron chi connectivity index (χ4n) is 3.59. The van der Waals surface area contributed by atoms with Crippen molar-refractivity contribution < 1.29 is 9.13 Å². The molecule has 3 aromatic rings. The van der Waals surface area contributed by atoms with Crippen LogP contribution in [0.3, 0.4) is 0 Å². The molecular weight excluding hydrogens is 359 g/mol. The zero-order chi connectivity index (χ0) is 18.9. The monoisotopic (exact) mass is 378 g/mol. The van der Waals surface area contributed by atoms with E-state index in [1.807, 2.05) is 0 Å². The van der Waals surface area contributed by atoms with Gasteiger partial charge in [-0.25, -0.2) is 4.39 Å². The number of benzene rings is 2. The lowest BCUT2D eigenvalue weighted by atomic mass is 10.0. The Bertz CT molecular complexity index is 992. The predicted octanol–water partition coefficient (Wildman–Crippen LogP) is 2.70. The van der Waals surface area contributed by atoms with Gasteiger partial charge in [-0.2, -0.15) is 4.68 Å². The van der Waals surface area contributed by atoms with Crippen LogP contribution in [0.4, 0.5) is 16.0 Å². The fraction of sp³-hybridized carbons (Fsp3) is 0.250. The lowest BCUT2D eigenvalue weighted by molar-refractivity contribution is 0.122. The highest BCUT2D eigenvalue weighted by Gasteiger charge is 2.24. The van der Waals surface area contributed by atoms with Crippen molar-refractivity contribution in [3.05, 3.63) is 71.6 Å². The molecule has 0 bridgehead atoms. The van der Waals surface area contributed by atoms with Gasteiger partial charge in [-0.05, 0) is 51.9 Å². The Kier molecular flexibility index (Phi) is 4.25. The number of hydrogen-bond donors (Lipinski definition) is 1. The molecule has 142 valence electrons. The minimum absolute atomic E-state index is 0.208. The first-order valence-electron chi connectivity index (χ1n) is 9.23. The molecule has 1 aromatic heterocycles. The number of fused-ring (bicyclic) bond motifs is 1. The Labute approximate surface area is 161 Å². The average Bonchev–Trinajstić information content (AvgIpc) is 3.23. The zero-order valence-corrected chi connectivity index (χ0v) is 15.1. The van der Waals surface area contributed by atoms with Crippen LogP contribution in [0.5, 0.6) is 0 Å². The van der Waals surface area contributed by atoms with E-state index in [0.29, 0.717) is 5.95 Å². The molecule has 2 aliphatic rings. The Morgan fingerprint density at radius 1 is 1.00 bits per heavy atom. The molecule has 3 heterocycles. The van der Waals surface area contributed by atoms with E-state index in [-0.39, 0.29) is 11.9 Å². The summed E-state index contributed by atoms with van der Waals surface area (Å²) in [5.74, 6) is 0.293. The van der Waals surface area contributed by atoms with E-state index in [4.69, 9.17) is 4.74 Å². The van der Waals surface area contributed by atoms with Crippen LogP contribution < -0.4 is 10.2 Å². The molecule has 8 heteroatoms. The number of hydrogen-bond acceptors (Lipinski definition) is 6. The summed E-state index contributed by atoms with van der Waals surface area (Å²) < 4.78 is 20.5. The number of ether oxygens (including phenoxy) is 1. The van der Waals surface area contributed by atoms with Crippen molar-refractivity contribution in [1.29, 1.82) is 0 Å². The average molecular weight is 378 g/mol. The van der Waals surface area contributed by atoms with Gasteiger partial charge in [-0.3, -0.25) is 0 Å². The molecule has 5 rings (SSSR count). The van der Waals surface area contributed by atoms with Crippen molar-refractivity contribution >= 4 is 17.3 Å². The fourth-order valence-corrected chi connectivity index (χ4v) is 3.59. The minimum atomic E-state index is -0.266. The Balaban J connectivity index is 1.46. The molecule has 2 aliphatic heterocycles. The van der Waals surface area contributed by atoms with Crippen LogP contribution in [0.2, 0.25) is 0 Å². The van der Waals surface area contributed by atoms with Gasteiger partial charge in [0.25, 0.3) is 0 Å². The molecular formula is C20H19FN6O. The van der Waals surface area contributed by atoms with Gasteiger partial charge in [0.15, 0.2) is 0 Å². The SMILES string of the molecule is Fc1ccc(C2C=C(c3ccc(N4CCOCC4)cc3)Nc3nnnn32)cc1. The van der Waals surface area contributed by atoms with Gasteiger partial charge in [-0.15, -0.1) is 0 Å². The van der Waals surface area contributed by atoms with Gasteiger partial charge in [0.05, 0.1) is 13.2 Å². The second-order valence-corrected chi connectivity index (χ2v) is 6.80. The summed E-state index contributed by atoms with van der Waals surface area (Å²) in [6.45, 7) is 3.33. The van der Waals surface area contributed by atoms with Crippen LogP contribution in [-0.2, 0) is 4.74 Å². The predicted molar refractivity (Wildman–Crippen MR) is 103 cm³/mol. The number of nitrogens with zero attached hydrogens (tertiary/aromatic N) is 5. The number of aromatic nitrogens is 4. The maximum atomic E-state index is 13.3. The van der Waals surface area contributed by atoms with Crippen molar-refractivity contribution in [2.75, 3.05) is 36.5 Å². The molecule has 0 aliphatic carbocycles. The third-order valence-electron chi connectivity index (χ3n) is 5.09. The Morgan fingerprint density at radius 2 is 1.75 bits per heavy atom. The van der Waals surface area contributed by atoms with Crippen LogP contribution in [0.15, 0.2) is 54.6 Å². The maximum absolute atomic E-state index is 13.3. The van der Waals surface area contributed by atoms with E-state index in [9.17, 15) is 4.39 Å². The van der Waals surface area contributed by atoms with Crippen LogP contribution in [0.25, 0.3) is 5.70 Å². The minimum Gasteiger partial charge on any atom is -0.378 e. The lowest BCUT2D eigenvalue weighted by Crippen LogP contribution is -2.36. The molecule has 0 saturated carbocycles. The van der Waals surface area contributed by atoms with E-state index < -0.39 is 0 Å². The Morgan fingerprint density at radius 3 is 2.50 bits per heavy atom. The van der Waals surface area contributed by atoms with E-state index in [1.165, 1.54) is 17.8 Å². The topological polar surface area (TPSA) is 68.1 Å². The van der Waals surface area contributed by atoms with Crippen molar-refractivity contribution in [1.82, 2.24) is 20.2 Å². The molecule has 0 spiro atoms. The van der Waals surface area contributed by atoms with E-state index >= 15 is 0 Å². The standard InChI is InChI=1S/C20H19FN6O/c21-16-5-1-15(2-6-16)19-13-18(22-20-23-24-25-27(19)20)14-3-7-17(8-4-14)26-9-11-28-12-10-26/h1-8,13,19H,9-12H2,(H,22,23,25). The first-order chi connectivity index (χ1) is 13.8. The molecule has 1 N–H and O–H groups in total. The molecule has 1 fully saturated rings. The number of halogens is 1. The van der Waals surface area contributed by atoms with Gasteiger partial charge in [-0.1, -0.05) is 29.4 Å². The number of rotatable bonds is 3. The summed E-state index contributed by atoms with van der Waals surface area (Å²) >= 11 is 0.